The molecule has 0 aliphatic carbocycles. The first-order valence-electron chi connectivity index (χ1n) is 4.41. The number of amides is 2. The third-order valence-electron chi connectivity index (χ3n) is 2.19. The molecule has 5 heteroatoms. The predicted octanol–water partition coefficient (Wildman–Crippen LogP) is -0.619. The summed E-state index contributed by atoms with van der Waals surface area (Å²) in [6.07, 6.45) is 4.79. The molecule has 2 amide bonds. The Morgan fingerprint density at radius 2 is 2.36 bits per heavy atom. The first-order chi connectivity index (χ1) is 6.79. The van der Waals surface area contributed by atoms with Crippen molar-refractivity contribution in [1.82, 2.24) is 4.90 Å². The van der Waals surface area contributed by atoms with Gasteiger partial charge in [0.05, 0.1) is 6.61 Å². The quantitative estimate of drug-likeness (QED) is 0.559. The van der Waals surface area contributed by atoms with Crippen molar-refractivity contribution in [3.63, 3.8) is 0 Å². The second-order valence-electron chi connectivity index (χ2n) is 3.09. The molecule has 1 saturated heterocycles. The minimum absolute atomic E-state index is 0.0569. The molecule has 0 aromatic heterocycles. The number of carbonyl (C=O) groups is 2. The third-order valence-corrected chi connectivity index (χ3v) is 2.19. The van der Waals surface area contributed by atoms with Crippen molar-refractivity contribution in [1.29, 1.82) is 0 Å². The van der Waals surface area contributed by atoms with Crippen LogP contribution in [0.5, 0.6) is 0 Å². The van der Waals surface area contributed by atoms with E-state index in [0.29, 0.717) is 13.2 Å². The van der Waals surface area contributed by atoms with Crippen molar-refractivity contribution in [3.8, 4) is 0 Å². The SMILES string of the molecule is O=C1N=CC=CC1N1CCOCC1=O. The number of carbonyl (C=O) groups excluding carboxylic acids is 2. The summed E-state index contributed by atoms with van der Waals surface area (Å²) in [5, 5.41) is 0. The van der Waals surface area contributed by atoms with Gasteiger partial charge in [-0.1, -0.05) is 6.08 Å². The molecule has 0 saturated carbocycles. The third kappa shape index (κ3) is 1.58. The van der Waals surface area contributed by atoms with Gasteiger partial charge in [-0.3, -0.25) is 9.59 Å². The van der Waals surface area contributed by atoms with Crippen LogP contribution < -0.4 is 0 Å². The van der Waals surface area contributed by atoms with Gasteiger partial charge in [0.15, 0.2) is 0 Å². The molecule has 0 aromatic carbocycles. The molecule has 14 heavy (non-hydrogen) atoms. The molecule has 74 valence electrons. The first kappa shape index (κ1) is 9.08. The van der Waals surface area contributed by atoms with E-state index in [1.807, 2.05) is 0 Å². The van der Waals surface area contributed by atoms with Crippen molar-refractivity contribution < 1.29 is 14.3 Å². The number of allylic oxidation sites excluding steroid dienone is 1. The molecule has 5 nitrogen and oxygen atoms in total. The van der Waals surface area contributed by atoms with Crippen LogP contribution in [0.2, 0.25) is 0 Å². The molecule has 2 aliphatic heterocycles. The van der Waals surface area contributed by atoms with E-state index in [0.717, 1.165) is 0 Å². The maximum atomic E-state index is 11.4. The van der Waals surface area contributed by atoms with Crippen LogP contribution in [0.25, 0.3) is 0 Å². The predicted molar refractivity (Wildman–Crippen MR) is 49.0 cm³/mol. The van der Waals surface area contributed by atoms with E-state index in [1.54, 1.807) is 12.2 Å². The van der Waals surface area contributed by atoms with Crippen LogP contribution in [0, 0.1) is 0 Å². The molecule has 1 atom stereocenters. The molecule has 0 aromatic rings. The lowest BCUT2D eigenvalue weighted by atomic mass is 10.1. The first-order valence-corrected chi connectivity index (χ1v) is 4.41. The van der Waals surface area contributed by atoms with Crippen molar-refractivity contribution in [3.05, 3.63) is 12.2 Å². The van der Waals surface area contributed by atoms with Gasteiger partial charge < -0.3 is 9.64 Å². The highest BCUT2D eigenvalue weighted by Gasteiger charge is 2.30. The number of rotatable bonds is 1. The standard InChI is InChI=1S/C9H10N2O3/c12-8-6-14-5-4-11(8)7-2-1-3-10-9(7)13/h1-3,7H,4-6H2. The Balaban J connectivity index is 2.13. The number of aliphatic imine (C=N–C) groups is 1. The minimum atomic E-state index is -0.531. The summed E-state index contributed by atoms with van der Waals surface area (Å²) in [4.78, 5) is 27.9. The van der Waals surface area contributed by atoms with Crippen molar-refractivity contribution in [2.75, 3.05) is 19.8 Å². The molecule has 2 heterocycles. The molecule has 0 radical (unpaired) electrons. The fourth-order valence-corrected chi connectivity index (χ4v) is 1.49. The van der Waals surface area contributed by atoms with E-state index in [-0.39, 0.29) is 18.4 Å². The highest BCUT2D eigenvalue weighted by Crippen LogP contribution is 2.10. The second kappa shape index (κ2) is 3.71. The van der Waals surface area contributed by atoms with Crippen LogP contribution in [0.1, 0.15) is 0 Å². The number of dihydropyridines is 1. The smallest absolute Gasteiger partial charge is 0.272 e. The summed E-state index contributed by atoms with van der Waals surface area (Å²) in [6, 6.07) is -0.531. The van der Waals surface area contributed by atoms with Gasteiger partial charge in [-0.05, 0) is 6.08 Å². The minimum Gasteiger partial charge on any atom is -0.370 e. The van der Waals surface area contributed by atoms with E-state index < -0.39 is 6.04 Å². The van der Waals surface area contributed by atoms with Gasteiger partial charge in [0, 0.05) is 12.8 Å². The van der Waals surface area contributed by atoms with Gasteiger partial charge in [0.2, 0.25) is 5.91 Å². The zero-order chi connectivity index (χ0) is 9.97. The Bertz CT molecular complexity index is 322. The van der Waals surface area contributed by atoms with Crippen molar-refractivity contribution in [2.24, 2.45) is 4.99 Å². The fourth-order valence-electron chi connectivity index (χ4n) is 1.49. The molecule has 2 rings (SSSR count). The number of hydrogen-bond donors (Lipinski definition) is 0. The van der Waals surface area contributed by atoms with Gasteiger partial charge in [-0.15, -0.1) is 0 Å². The van der Waals surface area contributed by atoms with Crippen LogP contribution >= 0.6 is 0 Å². The van der Waals surface area contributed by atoms with Crippen LogP contribution in [0.4, 0.5) is 0 Å². The van der Waals surface area contributed by atoms with Gasteiger partial charge >= 0.3 is 0 Å². The number of nitrogens with zero attached hydrogens (tertiary/aromatic N) is 2. The van der Waals surface area contributed by atoms with E-state index in [2.05, 4.69) is 4.99 Å². The van der Waals surface area contributed by atoms with Crippen molar-refractivity contribution in [2.45, 2.75) is 6.04 Å². The number of ether oxygens (including phenoxy) is 1. The van der Waals surface area contributed by atoms with E-state index >= 15 is 0 Å². The zero-order valence-corrected chi connectivity index (χ0v) is 7.55. The van der Waals surface area contributed by atoms with Gasteiger partial charge in [-0.2, -0.15) is 0 Å². The summed E-state index contributed by atoms with van der Waals surface area (Å²) in [6.45, 7) is 0.990. The van der Waals surface area contributed by atoms with Crippen LogP contribution in [-0.2, 0) is 14.3 Å². The zero-order valence-electron chi connectivity index (χ0n) is 7.55. The molecule has 0 bridgehead atoms. The molecule has 2 aliphatic rings. The lowest BCUT2D eigenvalue weighted by Gasteiger charge is -2.31. The Morgan fingerprint density at radius 1 is 1.50 bits per heavy atom. The molecular formula is C9H10N2O3. The van der Waals surface area contributed by atoms with Crippen LogP contribution in [0.3, 0.4) is 0 Å². The lowest BCUT2D eigenvalue weighted by Crippen LogP contribution is -2.50. The second-order valence-corrected chi connectivity index (χ2v) is 3.09. The molecule has 1 unspecified atom stereocenters. The normalized spacial score (nSPS) is 27.1. The molecule has 0 spiro atoms. The van der Waals surface area contributed by atoms with Gasteiger partial charge in [0.1, 0.15) is 12.6 Å². The molecule has 1 fully saturated rings. The van der Waals surface area contributed by atoms with Crippen LogP contribution in [-0.4, -0.2) is 48.7 Å². The van der Waals surface area contributed by atoms with Crippen LogP contribution in [0.15, 0.2) is 17.1 Å². The fraction of sp³-hybridized carbons (Fsp3) is 0.444. The Morgan fingerprint density at radius 3 is 3.07 bits per heavy atom. The topological polar surface area (TPSA) is 59.0 Å². The van der Waals surface area contributed by atoms with E-state index in [1.165, 1.54) is 11.1 Å². The Labute approximate surface area is 81.0 Å². The monoisotopic (exact) mass is 194 g/mol. The lowest BCUT2D eigenvalue weighted by molar-refractivity contribution is -0.147. The van der Waals surface area contributed by atoms with E-state index in [4.69, 9.17) is 4.74 Å². The van der Waals surface area contributed by atoms with Crippen molar-refractivity contribution >= 4 is 18.0 Å². The highest BCUT2D eigenvalue weighted by molar-refractivity contribution is 5.98. The highest BCUT2D eigenvalue weighted by atomic mass is 16.5. The Hall–Kier alpha value is -1.49. The summed E-state index contributed by atoms with van der Waals surface area (Å²) < 4.78 is 4.97. The van der Waals surface area contributed by atoms with Gasteiger partial charge in [-0.25, -0.2) is 4.99 Å². The average molecular weight is 194 g/mol. The number of hydrogen-bond acceptors (Lipinski definition) is 3. The summed E-state index contributed by atoms with van der Waals surface area (Å²) in [5.41, 5.74) is 0. The summed E-state index contributed by atoms with van der Waals surface area (Å²) >= 11 is 0. The maximum Gasteiger partial charge on any atom is 0.272 e. The largest absolute Gasteiger partial charge is 0.370 e. The maximum absolute atomic E-state index is 11.4. The number of morpholine rings is 1. The summed E-state index contributed by atoms with van der Waals surface area (Å²) in [5.74, 6) is -0.445. The summed E-state index contributed by atoms with van der Waals surface area (Å²) in [7, 11) is 0. The average Bonchev–Trinajstić information content (AvgIpc) is 2.20. The van der Waals surface area contributed by atoms with Gasteiger partial charge in [0.25, 0.3) is 5.91 Å². The molecule has 0 N–H and O–H groups in total. The van der Waals surface area contributed by atoms with E-state index in [9.17, 15) is 9.59 Å². The molecular weight excluding hydrogens is 184 g/mol. The Kier molecular flexibility index (Phi) is 2.41.